The van der Waals surface area contributed by atoms with Gasteiger partial charge in [0.15, 0.2) is 11.5 Å². The molecule has 2 aliphatic heterocycles. The van der Waals surface area contributed by atoms with E-state index in [0.29, 0.717) is 13.2 Å². The summed E-state index contributed by atoms with van der Waals surface area (Å²) in [7, 11) is 0. The van der Waals surface area contributed by atoms with Crippen LogP contribution in [0.1, 0.15) is 34.8 Å². The molecule has 0 N–H and O–H groups in total. The number of carbonyl (C=O) groups excluding carboxylic acids is 1. The van der Waals surface area contributed by atoms with Crippen LogP contribution in [-0.2, 0) is 0 Å². The Kier molecular flexibility index (Phi) is 4.35. The lowest BCUT2D eigenvalue weighted by atomic mass is 10.0. The van der Waals surface area contributed by atoms with Crippen LogP contribution in [0.2, 0.25) is 0 Å². The first-order valence-corrected chi connectivity index (χ1v) is 9.26. The summed E-state index contributed by atoms with van der Waals surface area (Å²) in [6, 6.07) is 13.9. The zero-order chi connectivity index (χ0) is 16.5. The minimum Gasteiger partial charge on any atom is -0.486 e. The molecule has 124 valence electrons. The van der Waals surface area contributed by atoms with Gasteiger partial charge in [-0.15, -0.1) is 0 Å². The minimum atomic E-state index is 0.101. The molecule has 4 rings (SSSR count). The van der Waals surface area contributed by atoms with Crippen molar-refractivity contribution in [1.29, 1.82) is 0 Å². The van der Waals surface area contributed by atoms with Crippen LogP contribution in [0.25, 0.3) is 0 Å². The molecule has 0 unspecified atom stereocenters. The third-order valence-corrected chi connectivity index (χ3v) is 5.28. The largest absolute Gasteiger partial charge is 0.486 e. The lowest BCUT2D eigenvalue weighted by Crippen LogP contribution is -2.30. The van der Waals surface area contributed by atoms with Gasteiger partial charge in [0.05, 0.1) is 6.04 Å². The maximum atomic E-state index is 12.9. The molecule has 0 spiro atoms. The van der Waals surface area contributed by atoms with Crippen molar-refractivity contribution in [2.45, 2.75) is 18.9 Å². The van der Waals surface area contributed by atoms with Gasteiger partial charge in [0.1, 0.15) is 13.2 Å². The van der Waals surface area contributed by atoms with Crippen molar-refractivity contribution >= 4 is 28.5 Å². The molecule has 1 saturated heterocycles. The molecule has 2 aliphatic rings. The monoisotopic (exact) mass is 435 g/mol. The van der Waals surface area contributed by atoms with E-state index in [1.807, 2.05) is 41.3 Å². The van der Waals surface area contributed by atoms with Gasteiger partial charge in [0.25, 0.3) is 5.91 Å². The number of ether oxygens (including phenoxy) is 2. The Bertz CT molecular complexity index is 760. The normalized spacial score (nSPS) is 19.4. The number of nitrogens with zero attached hydrogens (tertiary/aromatic N) is 1. The third-order valence-electron chi connectivity index (χ3n) is 4.56. The van der Waals surface area contributed by atoms with Crippen molar-refractivity contribution in [2.24, 2.45) is 0 Å². The predicted molar refractivity (Wildman–Crippen MR) is 99.6 cm³/mol. The Morgan fingerprint density at radius 3 is 2.58 bits per heavy atom. The Labute approximate surface area is 154 Å². The van der Waals surface area contributed by atoms with E-state index in [-0.39, 0.29) is 11.9 Å². The molecule has 0 radical (unpaired) electrons. The first-order valence-electron chi connectivity index (χ1n) is 8.18. The van der Waals surface area contributed by atoms with E-state index in [1.54, 1.807) is 0 Å². The standard InChI is InChI=1S/C19H18INO3/c20-15-6-3-13(4-7-15)19(22)21-9-1-2-16(21)14-5-8-17-18(12-14)24-11-10-23-17/h3-8,12,16H,1-2,9-11H2/t16-/m0/s1. The Morgan fingerprint density at radius 1 is 1.04 bits per heavy atom. The van der Waals surface area contributed by atoms with Crippen LogP contribution in [0.15, 0.2) is 42.5 Å². The fraction of sp³-hybridized carbons (Fsp3) is 0.316. The zero-order valence-corrected chi connectivity index (χ0v) is 15.4. The summed E-state index contributed by atoms with van der Waals surface area (Å²) in [6.45, 7) is 1.96. The molecule has 1 amide bonds. The summed E-state index contributed by atoms with van der Waals surface area (Å²) >= 11 is 2.25. The SMILES string of the molecule is O=C(c1ccc(I)cc1)N1CCC[C@H]1c1ccc2c(c1)OCCO2. The van der Waals surface area contributed by atoms with E-state index in [0.717, 1.165) is 45.6 Å². The van der Waals surface area contributed by atoms with Crippen molar-refractivity contribution in [3.63, 3.8) is 0 Å². The average molecular weight is 435 g/mol. The molecule has 24 heavy (non-hydrogen) atoms. The molecule has 2 aromatic rings. The van der Waals surface area contributed by atoms with Gasteiger partial charge in [-0.05, 0) is 77.4 Å². The van der Waals surface area contributed by atoms with Crippen molar-refractivity contribution in [1.82, 2.24) is 4.90 Å². The van der Waals surface area contributed by atoms with Gasteiger partial charge in [-0.3, -0.25) is 4.79 Å². The fourth-order valence-electron chi connectivity index (χ4n) is 3.38. The second-order valence-electron chi connectivity index (χ2n) is 6.07. The molecule has 4 nitrogen and oxygen atoms in total. The molecular weight excluding hydrogens is 417 g/mol. The summed E-state index contributed by atoms with van der Waals surface area (Å²) in [5, 5.41) is 0. The quantitative estimate of drug-likeness (QED) is 0.669. The number of amides is 1. The van der Waals surface area contributed by atoms with Gasteiger partial charge < -0.3 is 14.4 Å². The number of halogens is 1. The van der Waals surface area contributed by atoms with E-state index < -0.39 is 0 Å². The van der Waals surface area contributed by atoms with Crippen LogP contribution in [0.3, 0.4) is 0 Å². The third kappa shape index (κ3) is 2.97. The van der Waals surface area contributed by atoms with E-state index >= 15 is 0 Å². The first-order chi connectivity index (χ1) is 11.7. The van der Waals surface area contributed by atoms with Crippen LogP contribution < -0.4 is 9.47 Å². The van der Waals surface area contributed by atoms with E-state index in [1.165, 1.54) is 0 Å². The highest BCUT2D eigenvalue weighted by atomic mass is 127. The van der Waals surface area contributed by atoms with Crippen LogP contribution in [0.4, 0.5) is 0 Å². The van der Waals surface area contributed by atoms with Gasteiger partial charge in [-0.2, -0.15) is 0 Å². The Balaban J connectivity index is 1.60. The van der Waals surface area contributed by atoms with E-state index in [4.69, 9.17) is 9.47 Å². The lowest BCUT2D eigenvalue weighted by Gasteiger charge is -2.27. The molecule has 0 bridgehead atoms. The topological polar surface area (TPSA) is 38.8 Å². The maximum absolute atomic E-state index is 12.9. The highest BCUT2D eigenvalue weighted by Gasteiger charge is 2.31. The summed E-state index contributed by atoms with van der Waals surface area (Å²) in [5.74, 6) is 1.68. The first kappa shape index (κ1) is 15.7. The second-order valence-corrected chi connectivity index (χ2v) is 7.31. The molecule has 0 aromatic heterocycles. The number of rotatable bonds is 2. The molecule has 0 aliphatic carbocycles. The molecule has 2 aromatic carbocycles. The maximum Gasteiger partial charge on any atom is 0.254 e. The fourth-order valence-corrected chi connectivity index (χ4v) is 3.74. The second kappa shape index (κ2) is 6.63. The number of carbonyl (C=O) groups is 1. The van der Waals surface area contributed by atoms with Crippen molar-refractivity contribution in [3.8, 4) is 11.5 Å². The number of benzene rings is 2. The minimum absolute atomic E-state index is 0.101. The van der Waals surface area contributed by atoms with Crippen LogP contribution in [0, 0.1) is 3.57 Å². The summed E-state index contributed by atoms with van der Waals surface area (Å²) in [6.07, 6.45) is 2.00. The molecule has 5 heteroatoms. The van der Waals surface area contributed by atoms with Gasteiger partial charge >= 0.3 is 0 Å². The number of likely N-dealkylation sites (tertiary alicyclic amines) is 1. The molecule has 1 atom stereocenters. The molecule has 2 heterocycles. The van der Waals surface area contributed by atoms with Gasteiger partial charge in [0.2, 0.25) is 0 Å². The van der Waals surface area contributed by atoms with Crippen LogP contribution in [-0.4, -0.2) is 30.6 Å². The number of hydrogen-bond acceptors (Lipinski definition) is 3. The van der Waals surface area contributed by atoms with Gasteiger partial charge in [0, 0.05) is 15.7 Å². The highest BCUT2D eigenvalue weighted by molar-refractivity contribution is 14.1. The average Bonchev–Trinajstić information content (AvgIpc) is 3.11. The summed E-state index contributed by atoms with van der Waals surface area (Å²) in [5.41, 5.74) is 1.87. The van der Waals surface area contributed by atoms with Crippen molar-refractivity contribution < 1.29 is 14.3 Å². The van der Waals surface area contributed by atoms with E-state index in [9.17, 15) is 4.79 Å². The molecule has 1 fully saturated rings. The van der Waals surface area contributed by atoms with Gasteiger partial charge in [-0.25, -0.2) is 0 Å². The zero-order valence-electron chi connectivity index (χ0n) is 13.2. The highest BCUT2D eigenvalue weighted by Crippen LogP contribution is 2.38. The van der Waals surface area contributed by atoms with E-state index in [2.05, 4.69) is 28.7 Å². The van der Waals surface area contributed by atoms with Crippen LogP contribution >= 0.6 is 22.6 Å². The Hall–Kier alpha value is -1.76. The van der Waals surface area contributed by atoms with Crippen molar-refractivity contribution in [3.05, 3.63) is 57.2 Å². The van der Waals surface area contributed by atoms with Gasteiger partial charge in [-0.1, -0.05) is 6.07 Å². The summed E-state index contributed by atoms with van der Waals surface area (Å²) < 4.78 is 12.4. The molecule has 0 saturated carbocycles. The number of fused-ring (bicyclic) bond motifs is 1. The van der Waals surface area contributed by atoms with Crippen molar-refractivity contribution in [2.75, 3.05) is 19.8 Å². The smallest absolute Gasteiger partial charge is 0.254 e. The predicted octanol–water partition coefficient (Wildman–Crippen LogP) is 4.04. The lowest BCUT2D eigenvalue weighted by molar-refractivity contribution is 0.0735. The number of hydrogen-bond donors (Lipinski definition) is 0. The summed E-state index contributed by atoms with van der Waals surface area (Å²) in [4.78, 5) is 14.9. The Morgan fingerprint density at radius 2 is 1.79 bits per heavy atom. The molecular formula is C19H18INO3. The van der Waals surface area contributed by atoms with Crippen LogP contribution in [0.5, 0.6) is 11.5 Å².